The van der Waals surface area contributed by atoms with Crippen molar-refractivity contribution in [3.05, 3.63) is 42.0 Å². The van der Waals surface area contributed by atoms with Gasteiger partial charge >= 0.3 is 0 Å². The van der Waals surface area contributed by atoms with E-state index in [1.807, 2.05) is 0 Å². The lowest BCUT2D eigenvalue weighted by Crippen LogP contribution is -2.05. The van der Waals surface area contributed by atoms with Crippen LogP contribution in [0.25, 0.3) is 11.4 Å². The number of methoxy groups -OCH3 is 1. The fourth-order valence-corrected chi connectivity index (χ4v) is 2.33. The van der Waals surface area contributed by atoms with E-state index < -0.39 is 11.6 Å². The van der Waals surface area contributed by atoms with Crippen molar-refractivity contribution in [2.45, 2.75) is 19.4 Å². The third-order valence-electron chi connectivity index (χ3n) is 3.40. The van der Waals surface area contributed by atoms with Crippen LogP contribution in [0.5, 0.6) is 5.75 Å². The van der Waals surface area contributed by atoms with Crippen molar-refractivity contribution in [3.63, 3.8) is 0 Å². The van der Waals surface area contributed by atoms with E-state index in [0.717, 1.165) is 6.07 Å². The molecular formula is C14H14F2N6O. The Balaban J connectivity index is 1.85. The normalized spacial score (nSPS) is 10.9. The van der Waals surface area contributed by atoms with Crippen molar-refractivity contribution in [1.29, 1.82) is 0 Å². The highest BCUT2D eigenvalue weighted by Gasteiger charge is 2.20. The number of halogens is 2. The Morgan fingerprint density at radius 1 is 1.30 bits per heavy atom. The van der Waals surface area contributed by atoms with Gasteiger partial charge in [0.05, 0.1) is 12.7 Å². The summed E-state index contributed by atoms with van der Waals surface area (Å²) in [6.45, 7) is 0.545. The number of nitrogens with zero attached hydrogens (tertiary/aromatic N) is 5. The third kappa shape index (κ3) is 3.03. The summed E-state index contributed by atoms with van der Waals surface area (Å²) in [6, 6.07) is 2.41. The SMILES string of the molecule is COc1ccc(F)c(F)c1-c1nccn1CCCc1nn[nH]n1. The Morgan fingerprint density at radius 3 is 2.91 bits per heavy atom. The first-order valence-electron chi connectivity index (χ1n) is 6.96. The average Bonchev–Trinajstić information content (AvgIpc) is 3.22. The summed E-state index contributed by atoms with van der Waals surface area (Å²) < 4.78 is 34.6. The second kappa shape index (κ2) is 6.51. The molecule has 0 aliphatic rings. The van der Waals surface area contributed by atoms with Crippen molar-refractivity contribution in [2.75, 3.05) is 7.11 Å². The minimum atomic E-state index is -0.977. The van der Waals surface area contributed by atoms with Gasteiger partial charge in [-0.25, -0.2) is 13.8 Å². The van der Waals surface area contributed by atoms with E-state index >= 15 is 0 Å². The molecule has 7 nitrogen and oxygen atoms in total. The second-order valence-electron chi connectivity index (χ2n) is 4.81. The van der Waals surface area contributed by atoms with E-state index in [1.54, 1.807) is 10.8 Å². The molecule has 0 aliphatic heterocycles. The molecule has 0 saturated carbocycles. The molecule has 0 aliphatic carbocycles. The van der Waals surface area contributed by atoms with E-state index in [2.05, 4.69) is 25.6 Å². The van der Waals surface area contributed by atoms with Gasteiger partial charge in [0, 0.05) is 25.4 Å². The molecule has 0 amide bonds. The molecule has 2 aromatic heterocycles. The first kappa shape index (κ1) is 15.1. The molecule has 1 N–H and O–H groups in total. The van der Waals surface area contributed by atoms with Crippen molar-refractivity contribution in [2.24, 2.45) is 0 Å². The fraction of sp³-hybridized carbons (Fsp3) is 0.286. The number of imidazole rings is 1. The Hall–Kier alpha value is -2.84. The highest BCUT2D eigenvalue weighted by Crippen LogP contribution is 2.33. The number of aryl methyl sites for hydroxylation is 2. The van der Waals surface area contributed by atoms with Crippen LogP contribution in [0.4, 0.5) is 8.78 Å². The van der Waals surface area contributed by atoms with Crippen LogP contribution in [0.15, 0.2) is 24.5 Å². The van der Waals surface area contributed by atoms with E-state index in [-0.39, 0.29) is 11.3 Å². The number of ether oxygens (including phenoxy) is 1. The molecule has 120 valence electrons. The Morgan fingerprint density at radius 2 is 2.17 bits per heavy atom. The molecule has 2 heterocycles. The zero-order valence-electron chi connectivity index (χ0n) is 12.3. The van der Waals surface area contributed by atoms with Gasteiger partial charge in [-0.3, -0.25) is 0 Å². The molecule has 0 radical (unpaired) electrons. The summed E-state index contributed by atoms with van der Waals surface area (Å²) in [7, 11) is 1.40. The van der Waals surface area contributed by atoms with Gasteiger partial charge in [-0.2, -0.15) is 5.21 Å². The first-order chi connectivity index (χ1) is 11.2. The Bertz CT molecular complexity index is 787. The quantitative estimate of drug-likeness (QED) is 0.751. The van der Waals surface area contributed by atoms with Gasteiger partial charge in [-0.05, 0) is 18.6 Å². The lowest BCUT2D eigenvalue weighted by atomic mass is 10.1. The Labute approximate surface area is 130 Å². The molecule has 3 aromatic rings. The largest absolute Gasteiger partial charge is 0.496 e. The third-order valence-corrected chi connectivity index (χ3v) is 3.40. The van der Waals surface area contributed by atoms with Crippen LogP contribution in [0, 0.1) is 11.6 Å². The molecule has 0 unspecified atom stereocenters. The number of H-pyrrole nitrogens is 1. The molecule has 3 rings (SSSR count). The maximum atomic E-state index is 14.2. The number of aromatic amines is 1. The number of rotatable bonds is 6. The van der Waals surface area contributed by atoms with Crippen LogP contribution in [0.2, 0.25) is 0 Å². The number of nitrogens with one attached hydrogen (secondary N) is 1. The van der Waals surface area contributed by atoms with Gasteiger partial charge in [-0.1, -0.05) is 5.21 Å². The molecule has 0 atom stereocenters. The first-order valence-corrected chi connectivity index (χ1v) is 6.96. The zero-order valence-corrected chi connectivity index (χ0v) is 12.3. The molecule has 0 spiro atoms. The van der Waals surface area contributed by atoms with E-state index in [1.165, 1.54) is 19.4 Å². The monoisotopic (exact) mass is 320 g/mol. The number of aromatic nitrogens is 6. The minimum absolute atomic E-state index is 0.0112. The van der Waals surface area contributed by atoms with Gasteiger partial charge in [0.1, 0.15) is 11.6 Å². The predicted octanol–water partition coefficient (Wildman–Crippen LogP) is 1.98. The van der Waals surface area contributed by atoms with Gasteiger partial charge < -0.3 is 9.30 Å². The smallest absolute Gasteiger partial charge is 0.174 e. The summed E-state index contributed by atoms with van der Waals surface area (Å²) >= 11 is 0. The number of hydrogen-bond donors (Lipinski definition) is 1. The molecule has 23 heavy (non-hydrogen) atoms. The summed E-state index contributed by atoms with van der Waals surface area (Å²) in [5.41, 5.74) is 0.0112. The van der Waals surface area contributed by atoms with Crippen LogP contribution >= 0.6 is 0 Å². The van der Waals surface area contributed by atoms with E-state index in [0.29, 0.717) is 31.0 Å². The van der Waals surface area contributed by atoms with Gasteiger partial charge in [0.2, 0.25) is 0 Å². The standard InChI is InChI=1S/C14H14F2N6O/c1-23-10-5-4-9(15)13(16)12(10)14-17-6-8-22(14)7-2-3-11-18-20-21-19-11/h4-6,8H,2-3,7H2,1H3,(H,18,19,20,21). The number of hydrogen-bond acceptors (Lipinski definition) is 5. The molecule has 0 bridgehead atoms. The Kier molecular flexibility index (Phi) is 4.26. The van der Waals surface area contributed by atoms with Gasteiger partial charge in [0.25, 0.3) is 0 Å². The van der Waals surface area contributed by atoms with Crippen molar-refractivity contribution < 1.29 is 13.5 Å². The highest BCUT2D eigenvalue weighted by atomic mass is 19.2. The van der Waals surface area contributed by atoms with Crippen molar-refractivity contribution in [3.8, 4) is 17.1 Å². The molecule has 0 saturated heterocycles. The summed E-state index contributed by atoms with van der Waals surface area (Å²) in [5, 5.41) is 13.6. The zero-order chi connectivity index (χ0) is 16.2. The summed E-state index contributed by atoms with van der Waals surface area (Å²) in [6.07, 6.45) is 4.54. The van der Waals surface area contributed by atoms with Gasteiger partial charge in [0.15, 0.2) is 17.5 Å². The predicted molar refractivity (Wildman–Crippen MR) is 76.6 cm³/mol. The highest BCUT2D eigenvalue weighted by molar-refractivity contribution is 5.65. The van der Waals surface area contributed by atoms with E-state index in [4.69, 9.17) is 4.74 Å². The fourth-order valence-electron chi connectivity index (χ4n) is 2.33. The van der Waals surface area contributed by atoms with Crippen LogP contribution in [-0.4, -0.2) is 37.3 Å². The lowest BCUT2D eigenvalue weighted by Gasteiger charge is -2.12. The van der Waals surface area contributed by atoms with Crippen LogP contribution in [0.3, 0.4) is 0 Å². The molecular weight excluding hydrogens is 306 g/mol. The number of benzene rings is 1. The van der Waals surface area contributed by atoms with Crippen LogP contribution in [0.1, 0.15) is 12.2 Å². The van der Waals surface area contributed by atoms with Crippen LogP contribution in [-0.2, 0) is 13.0 Å². The molecule has 1 aromatic carbocycles. The average molecular weight is 320 g/mol. The lowest BCUT2D eigenvalue weighted by molar-refractivity contribution is 0.408. The minimum Gasteiger partial charge on any atom is -0.496 e. The molecule has 9 heteroatoms. The van der Waals surface area contributed by atoms with Gasteiger partial charge in [-0.15, -0.1) is 10.2 Å². The summed E-state index contributed by atoms with van der Waals surface area (Å²) in [5.74, 6) is -0.778. The topological polar surface area (TPSA) is 81.5 Å². The van der Waals surface area contributed by atoms with E-state index in [9.17, 15) is 8.78 Å². The van der Waals surface area contributed by atoms with Crippen molar-refractivity contribution >= 4 is 0 Å². The van der Waals surface area contributed by atoms with Crippen molar-refractivity contribution in [1.82, 2.24) is 30.2 Å². The molecule has 0 fully saturated rings. The maximum absolute atomic E-state index is 14.2. The summed E-state index contributed by atoms with van der Waals surface area (Å²) in [4.78, 5) is 4.14. The van der Waals surface area contributed by atoms with Crippen LogP contribution < -0.4 is 4.74 Å². The maximum Gasteiger partial charge on any atom is 0.174 e. The second-order valence-corrected chi connectivity index (χ2v) is 4.81. The number of tetrazole rings is 1.